The van der Waals surface area contributed by atoms with Gasteiger partial charge in [0.05, 0.1) is 31.1 Å². The van der Waals surface area contributed by atoms with Crippen LogP contribution in [0.1, 0.15) is 12.5 Å². The number of phenolic OH excluding ortho intramolecular Hbond substituents is 1. The van der Waals surface area contributed by atoms with E-state index in [9.17, 15) is 9.90 Å². The molecule has 0 aromatic heterocycles. The molecule has 0 spiro atoms. The van der Waals surface area contributed by atoms with Crippen LogP contribution in [-0.4, -0.2) is 61.3 Å². The monoisotopic (exact) mass is 410 g/mol. The minimum Gasteiger partial charge on any atom is -0.506 e. The first kappa shape index (κ1) is 20.2. The van der Waals surface area contributed by atoms with Gasteiger partial charge in [-0.25, -0.2) is 0 Å². The van der Waals surface area contributed by atoms with Crippen LogP contribution in [0.25, 0.3) is 0 Å². The number of hydrogen-bond acceptors (Lipinski definition) is 7. The number of benzene rings is 2. The summed E-state index contributed by atoms with van der Waals surface area (Å²) < 4.78 is 11.2. The largest absolute Gasteiger partial charge is 0.506 e. The Hall–Kier alpha value is -3.10. The highest BCUT2D eigenvalue weighted by Gasteiger charge is 2.22. The van der Waals surface area contributed by atoms with Crippen molar-refractivity contribution in [1.29, 1.82) is 0 Å². The molecule has 158 valence electrons. The van der Waals surface area contributed by atoms with E-state index >= 15 is 0 Å². The summed E-state index contributed by atoms with van der Waals surface area (Å²) in [5.41, 5.74) is 3.06. The van der Waals surface area contributed by atoms with Crippen molar-refractivity contribution < 1.29 is 19.4 Å². The van der Waals surface area contributed by atoms with Crippen molar-refractivity contribution in [3.63, 3.8) is 0 Å². The average Bonchev–Trinajstić information content (AvgIpc) is 2.76. The number of nitrogens with one attached hydrogen (secondary N) is 1. The first-order chi connectivity index (χ1) is 14.6. The number of para-hydroxylation sites is 2. The van der Waals surface area contributed by atoms with E-state index in [1.54, 1.807) is 12.1 Å². The third-order valence-corrected chi connectivity index (χ3v) is 5.13. The zero-order chi connectivity index (χ0) is 20.9. The second kappa shape index (κ2) is 9.15. The van der Waals surface area contributed by atoms with Crippen molar-refractivity contribution in [3.8, 4) is 5.75 Å². The van der Waals surface area contributed by atoms with Crippen LogP contribution in [0.5, 0.6) is 5.75 Å². The SMILES string of the molecule is CCN(C1=Nc2ccc(NC(=O)CN3CCOCC3)cc2CO1)c1ccccc1O. The Morgan fingerprint density at radius 3 is 2.80 bits per heavy atom. The van der Waals surface area contributed by atoms with Gasteiger partial charge in [-0.05, 0) is 37.3 Å². The second-order valence-corrected chi connectivity index (χ2v) is 7.20. The third-order valence-electron chi connectivity index (χ3n) is 5.13. The summed E-state index contributed by atoms with van der Waals surface area (Å²) in [7, 11) is 0. The van der Waals surface area contributed by atoms with E-state index in [4.69, 9.17) is 9.47 Å². The number of amides is 1. The van der Waals surface area contributed by atoms with E-state index in [-0.39, 0.29) is 11.7 Å². The highest BCUT2D eigenvalue weighted by atomic mass is 16.5. The maximum atomic E-state index is 12.3. The van der Waals surface area contributed by atoms with Gasteiger partial charge in [0.2, 0.25) is 5.91 Å². The smallest absolute Gasteiger partial charge is 0.297 e. The molecule has 1 saturated heterocycles. The molecule has 0 unspecified atom stereocenters. The summed E-state index contributed by atoms with van der Waals surface area (Å²) in [5, 5.41) is 13.1. The van der Waals surface area contributed by atoms with Crippen molar-refractivity contribution in [3.05, 3.63) is 48.0 Å². The first-order valence-electron chi connectivity index (χ1n) is 10.1. The fourth-order valence-corrected chi connectivity index (χ4v) is 3.57. The second-order valence-electron chi connectivity index (χ2n) is 7.20. The Morgan fingerprint density at radius 2 is 2.03 bits per heavy atom. The molecule has 0 radical (unpaired) electrons. The predicted molar refractivity (Wildman–Crippen MR) is 115 cm³/mol. The van der Waals surface area contributed by atoms with Crippen molar-refractivity contribution in [2.45, 2.75) is 13.5 Å². The van der Waals surface area contributed by atoms with E-state index in [1.165, 1.54) is 0 Å². The number of aliphatic imine (C=N–C) groups is 1. The molecule has 2 aromatic rings. The summed E-state index contributed by atoms with van der Waals surface area (Å²) in [4.78, 5) is 20.9. The molecule has 2 aliphatic heterocycles. The number of carbonyl (C=O) groups is 1. The molecule has 2 heterocycles. The van der Waals surface area contributed by atoms with Gasteiger partial charge >= 0.3 is 0 Å². The van der Waals surface area contributed by atoms with E-state index in [2.05, 4.69) is 15.2 Å². The quantitative estimate of drug-likeness (QED) is 0.788. The Balaban J connectivity index is 1.46. The van der Waals surface area contributed by atoms with Crippen LogP contribution >= 0.6 is 0 Å². The van der Waals surface area contributed by atoms with Gasteiger partial charge in [-0.2, -0.15) is 4.99 Å². The molecule has 0 atom stereocenters. The summed E-state index contributed by atoms with van der Waals surface area (Å²) in [6.45, 7) is 6.14. The van der Waals surface area contributed by atoms with E-state index < -0.39 is 0 Å². The van der Waals surface area contributed by atoms with Gasteiger partial charge in [-0.3, -0.25) is 14.6 Å². The van der Waals surface area contributed by atoms with E-state index in [0.717, 1.165) is 30.0 Å². The maximum Gasteiger partial charge on any atom is 0.297 e. The van der Waals surface area contributed by atoms with E-state index in [0.29, 0.717) is 44.6 Å². The zero-order valence-corrected chi connectivity index (χ0v) is 17.0. The number of ether oxygens (including phenoxy) is 2. The molecule has 0 aliphatic carbocycles. The normalized spacial score (nSPS) is 16.2. The number of amidine groups is 1. The lowest BCUT2D eigenvalue weighted by Gasteiger charge is -2.28. The van der Waals surface area contributed by atoms with Gasteiger partial charge in [0.1, 0.15) is 12.4 Å². The molecule has 8 heteroatoms. The maximum absolute atomic E-state index is 12.3. The van der Waals surface area contributed by atoms with E-state index in [1.807, 2.05) is 42.2 Å². The number of carbonyl (C=O) groups excluding carboxylic acids is 1. The molecule has 2 aliphatic rings. The third kappa shape index (κ3) is 4.55. The molecule has 1 fully saturated rings. The fraction of sp³-hybridized carbons (Fsp3) is 0.364. The van der Waals surface area contributed by atoms with Crippen molar-refractivity contribution in [2.75, 3.05) is 49.6 Å². The van der Waals surface area contributed by atoms with Gasteiger partial charge in [0, 0.05) is 30.9 Å². The molecular formula is C22H26N4O4. The van der Waals surface area contributed by atoms with Crippen LogP contribution in [0.15, 0.2) is 47.5 Å². The standard InChI is InChI=1S/C22H26N4O4/c1-2-26(19-5-3-4-6-20(19)27)22-24-18-8-7-17(13-16(18)15-30-22)23-21(28)14-25-9-11-29-12-10-25/h3-8,13,27H,2,9-12,14-15H2,1H3,(H,23,28). The lowest BCUT2D eigenvalue weighted by molar-refractivity contribution is -0.118. The number of morpholine rings is 1. The van der Waals surface area contributed by atoms with Crippen molar-refractivity contribution in [1.82, 2.24) is 4.90 Å². The summed E-state index contributed by atoms with van der Waals surface area (Å²) >= 11 is 0. The van der Waals surface area contributed by atoms with Crippen LogP contribution in [0.4, 0.5) is 17.1 Å². The fourth-order valence-electron chi connectivity index (χ4n) is 3.57. The van der Waals surface area contributed by atoms with Crippen molar-refractivity contribution in [2.24, 2.45) is 4.99 Å². The Morgan fingerprint density at radius 1 is 1.23 bits per heavy atom. The Bertz CT molecular complexity index is 940. The zero-order valence-electron chi connectivity index (χ0n) is 17.0. The van der Waals surface area contributed by atoms with Crippen LogP contribution in [0.2, 0.25) is 0 Å². The number of nitrogens with zero attached hydrogens (tertiary/aromatic N) is 3. The average molecular weight is 410 g/mol. The molecule has 0 saturated carbocycles. The topological polar surface area (TPSA) is 86.6 Å². The Labute approximate surface area is 175 Å². The Kier molecular flexibility index (Phi) is 6.15. The van der Waals surface area contributed by atoms with Crippen LogP contribution in [0.3, 0.4) is 0 Å². The number of rotatable bonds is 5. The predicted octanol–water partition coefficient (Wildman–Crippen LogP) is 2.71. The lowest BCUT2D eigenvalue weighted by Crippen LogP contribution is -2.41. The number of aromatic hydroxyl groups is 1. The van der Waals surface area contributed by atoms with Gasteiger partial charge in [-0.15, -0.1) is 0 Å². The van der Waals surface area contributed by atoms with Gasteiger partial charge in [0.15, 0.2) is 0 Å². The summed E-state index contributed by atoms with van der Waals surface area (Å²) in [6.07, 6.45) is 0. The summed E-state index contributed by atoms with van der Waals surface area (Å²) in [5.74, 6) is 0.129. The molecule has 2 aromatic carbocycles. The van der Waals surface area contributed by atoms with Crippen molar-refractivity contribution >= 4 is 29.0 Å². The summed E-state index contributed by atoms with van der Waals surface area (Å²) in [6, 6.07) is 13.2. The number of hydrogen-bond donors (Lipinski definition) is 2. The molecular weight excluding hydrogens is 384 g/mol. The van der Waals surface area contributed by atoms with Gasteiger partial charge in [-0.1, -0.05) is 12.1 Å². The number of phenols is 1. The molecule has 1 amide bonds. The molecule has 0 bridgehead atoms. The molecule has 30 heavy (non-hydrogen) atoms. The van der Waals surface area contributed by atoms with Crippen LogP contribution in [0, 0.1) is 0 Å². The van der Waals surface area contributed by atoms with Crippen LogP contribution < -0.4 is 10.2 Å². The lowest BCUT2D eigenvalue weighted by atomic mass is 10.1. The molecule has 8 nitrogen and oxygen atoms in total. The minimum absolute atomic E-state index is 0.0468. The minimum atomic E-state index is -0.0468. The number of fused-ring (bicyclic) bond motifs is 1. The van der Waals surface area contributed by atoms with Gasteiger partial charge in [0.25, 0.3) is 6.02 Å². The first-order valence-corrected chi connectivity index (χ1v) is 10.1. The molecule has 2 N–H and O–H groups in total. The highest BCUT2D eigenvalue weighted by Crippen LogP contribution is 2.32. The highest BCUT2D eigenvalue weighted by molar-refractivity contribution is 5.96. The van der Waals surface area contributed by atoms with Gasteiger partial charge < -0.3 is 19.9 Å². The van der Waals surface area contributed by atoms with Crippen LogP contribution in [-0.2, 0) is 20.9 Å². The molecule has 4 rings (SSSR count). The number of anilines is 2.